The monoisotopic (exact) mass is 332 g/mol. The molecule has 1 aromatic rings. The van der Waals surface area contributed by atoms with Crippen LogP contribution in [-0.2, 0) is 20.5 Å². The third kappa shape index (κ3) is 5.18. The van der Waals surface area contributed by atoms with Crippen molar-refractivity contribution in [2.45, 2.75) is 12.2 Å². The summed E-state index contributed by atoms with van der Waals surface area (Å²) in [6, 6.07) is 6.68. The first kappa shape index (κ1) is 16.1. The Balaban J connectivity index is 1.73. The SMILES string of the molecule is O=C1OCCN1CCCNS(=O)(=O)Cc1ccc(Cl)cc1. The molecule has 0 radical (unpaired) electrons. The van der Waals surface area contributed by atoms with Gasteiger partial charge in [-0.1, -0.05) is 23.7 Å². The second kappa shape index (κ2) is 7.11. The Hall–Kier alpha value is -1.31. The molecule has 0 bridgehead atoms. The summed E-state index contributed by atoms with van der Waals surface area (Å²) in [5.74, 6) is -0.0874. The molecule has 2 rings (SSSR count). The van der Waals surface area contributed by atoms with E-state index < -0.39 is 10.0 Å². The van der Waals surface area contributed by atoms with Crippen LogP contribution >= 0.6 is 11.6 Å². The van der Waals surface area contributed by atoms with Crippen molar-refractivity contribution in [1.29, 1.82) is 0 Å². The van der Waals surface area contributed by atoms with Gasteiger partial charge in [-0.25, -0.2) is 17.9 Å². The molecule has 1 amide bonds. The molecule has 1 aliphatic rings. The van der Waals surface area contributed by atoms with Gasteiger partial charge in [-0.3, -0.25) is 0 Å². The van der Waals surface area contributed by atoms with E-state index in [-0.39, 0.29) is 11.8 Å². The number of sulfonamides is 1. The zero-order valence-corrected chi connectivity index (χ0v) is 13.0. The van der Waals surface area contributed by atoms with Gasteiger partial charge in [-0.2, -0.15) is 0 Å². The van der Waals surface area contributed by atoms with Gasteiger partial charge in [0.2, 0.25) is 10.0 Å². The molecule has 1 fully saturated rings. The highest BCUT2D eigenvalue weighted by atomic mass is 35.5. The summed E-state index contributed by atoms with van der Waals surface area (Å²) in [4.78, 5) is 12.8. The summed E-state index contributed by atoms with van der Waals surface area (Å²) in [5.41, 5.74) is 0.676. The maximum absolute atomic E-state index is 11.9. The number of ether oxygens (including phenoxy) is 1. The largest absolute Gasteiger partial charge is 0.448 e. The molecular weight excluding hydrogens is 316 g/mol. The molecule has 1 aliphatic heterocycles. The summed E-state index contributed by atoms with van der Waals surface area (Å²) in [7, 11) is -3.38. The standard InChI is InChI=1S/C13H17ClN2O4S/c14-12-4-2-11(3-5-12)10-21(18,19)15-6-1-7-16-8-9-20-13(16)17/h2-5,15H,1,6-10H2. The highest BCUT2D eigenvalue weighted by Gasteiger charge is 2.21. The molecule has 21 heavy (non-hydrogen) atoms. The van der Waals surface area contributed by atoms with E-state index in [0.717, 1.165) is 0 Å². The molecular formula is C13H17ClN2O4S. The summed E-state index contributed by atoms with van der Waals surface area (Å²) in [5, 5.41) is 0.571. The zero-order chi connectivity index (χ0) is 15.3. The van der Waals surface area contributed by atoms with Gasteiger partial charge in [0, 0.05) is 18.1 Å². The van der Waals surface area contributed by atoms with Crippen LogP contribution in [-0.4, -0.2) is 45.7 Å². The Morgan fingerprint density at radius 3 is 2.62 bits per heavy atom. The number of rotatable bonds is 7. The van der Waals surface area contributed by atoms with Gasteiger partial charge in [-0.05, 0) is 24.1 Å². The zero-order valence-electron chi connectivity index (χ0n) is 11.4. The number of benzene rings is 1. The van der Waals surface area contributed by atoms with Crippen LogP contribution in [0.1, 0.15) is 12.0 Å². The molecule has 1 saturated heterocycles. The second-order valence-electron chi connectivity index (χ2n) is 4.73. The Bertz CT molecular complexity index is 589. The quantitative estimate of drug-likeness (QED) is 0.770. The van der Waals surface area contributed by atoms with Crippen LogP contribution in [0.4, 0.5) is 4.79 Å². The van der Waals surface area contributed by atoms with Crippen LogP contribution < -0.4 is 4.72 Å². The Labute approximate surface area is 129 Å². The third-order valence-electron chi connectivity index (χ3n) is 3.04. The second-order valence-corrected chi connectivity index (χ2v) is 6.98. The van der Waals surface area contributed by atoms with Crippen molar-refractivity contribution >= 4 is 27.7 Å². The van der Waals surface area contributed by atoms with E-state index in [2.05, 4.69) is 4.72 Å². The van der Waals surface area contributed by atoms with Crippen molar-refractivity contribution in [3.05, 3.63) is 34.9 Å². The van der Waals surface area contributed by atoms with E-state index in [4.69, 9.17) is 16.3 Å². The van der Waals surface area contributed by atoms with E-state index in [0.29, 0.717) is 43.2 Å². The number of nitrogens with zero attached hydrogens (tertiary/aromatic N) is 1. The first-order valence-electron chi connectivity index (χ1n) is 6.60. The highest BCUT2D eigenvalue weighted by Crippen LogP contribution is 2.11. The molecule has 0 spiro atoms. The summed E-state index contributed by atoms with van der Waals surface area (Å²) >= 11 is 5.75. The van der Waals surface area contributed by atoms with Crippen LogP contribution in [0.25, 0.3) is 0 Å². The maximum Gasteiger partial charge on any atom is 0.409 e. The minimum atomic E-state index is -3.38. The average Bonchev–Trinajstić information content (AvgIpc) is 2.83. The van der Waals surface area contributed by atoms with Gasteiger partial charge in [-0.15, -0.1) is 0 Å². The fraction of sp³-hybridized carbons (Fsp3) is 0.462. The first-order valence-corrected chi connectivity index (χ1v) is 8.63. The number of amides is 1. The molecule has 0 atom stereocenters. The molecule has 1 heterocycles. The lowest BCUT2D eigenvalue weighted by Crippen LogP contribution is -2.31. The number of cyclic esters (lactones) is 1. The van der Waals surface area contributed by atoms with Crippen molar-refractivity contribution in [1.82, 2.24) is 9.62 Å². The minimum Gasteiger partial charge on any atom is -0.448 e. The minimum absolute atomic E-state index is 0.0874. The molecule has 0 aliphatic carbocycles. The van der Waals surface area contributed by atoms with Crippen LogP contribution in [0.15, 0.2) is 24.3 Å². The summed E-state index contributed by atoms with van der Waals surface area (Å²) in [6.45, 7) is 1.75. The van der Waals surface area contributed by atoms with Gasteiger partial charge >= 0.3 is 6.09 Å². The van der Waals surface area contributed by atoms with Gasteiger partial charge in [0.05, 0.1) is 12.3 Å². The summed E-state index contributed by atoms with van der Waals surface area (Å²) in [6.07, 6.45) is 0.216. The molecule has 116 valence electrons. The van der Waals surface area contributed by atoms with Gasteiger partial charge in [0.1, 0.15) is 6.61 Å². The maximum atomic E-state index is 11.9. The van der Waals surface area contributed by atoms with Gasteiger partial charge in [0.25, 0.3) is 0 Å². The number of hydrogen-bond donors (Lipinski definition) is 1. The molecule has 1 N–H and O–H groups in total. The number of carbonyl (C=O) groups is 1. The van der Waals surface area contributed by atoms with E-state index in [1.54, 1.807) is 29.2 Å². The number of halogens is 1. The average molecular weight is 333 g/mol. The fourth-order valence-electron chi connectivity index (χ4n) is 1.98. The Morgan fingerprint density at radius 2 is 2.00 bits per heavy atom. The normalized spacial score (nSPS) is 15.3. The predicted octanol–water partition coefficient (Wildman–Crippen LogP) is 1.60. The third-order valence-corrected chi connectivity index (χ3v) is 4.65. The van der Waals surface area contributed by atoms with Crippen molar-refractivity contribution in [2.75, 3.05) is 26.2 Å². The van der Waals surface area contributed by atoms with Gasteiger partial charge < -0.3 is 9.64 Å². The molecule has 0 saturated carbocycles. The number of carbonyl (C=O) groups excluding carboxylic acids is 1. The van der Waals surface area contributed by atoms with E-state index in [1.807, 2.05) is 0 Å². The van der Waals surface area contributed by atoms with Gasteiger partial charge in [0.15, 0.2) is 0 Å². The van der Waals surface area contributed by atoms with Crippen LogP contribution in [0.3, 0.4) is 0 Å². The Morgan fingerprint density at radius 1 is 1.29 bits per heavy atom. The topological polar surface area (TPSA) is 75.7 Å². The fourth-order valence-corrected chi connectivity index (χ4v) is 3.29. The van der Waals surface area contributed by atoms with Crippen LogP contribution in [0, 0.1) is 0 Å². The van der Waals surface area contributed by atoms with Crippen molar-refractivity contribution < 1.29 is 17.9 Å². The molecule has 1 aromatic carbocycles. The predicted molar refractivity (Wildman–Crippen MR) is 79.6 cm³/mol. The molecule has 0 unspecified atom stereocenters. The van der Waals surface area contributed by atoms with Crippen molar-refractivity contribution in [2.24, 2.45) is 0 Å². The Kier molecular flexibility index (Phi) is 5.44. The van der Waals surface area contributed by atoms with Crippen molar-refractivity contribution in [3.63, 3.8) is 0 Å². The van der Waals surface area contributed by atoms with E-state index in [9.17, 15) is 13.2 Å². The van der Waals surface area contributed by atoms with E-state index >= 15 is 0 Å². The van der Waals surface area contributed by atoms with Crippen LogP contribution in [0.5, 0.6) is 0 Å². The smallest absolute Gasteiger partial charge is 0.409 e. The molecule has 0 aromatic heterocycles. The first-order chi connectivity index (χ1) is 9.96. The number of hydrogen-bond acceptors (Lipinski definition) is 4. The molecule has 6 nitrogen and oxygen atoms in total. The number of nitrogens with one attached hydrogen (secondary N) is 1. The van der Waals surface area contributed by atoms with Crippen LogP contribution in [0.2, 0.25) is 5.02 Å². The summed E-state index contributed by atoms with van der Waals surface area (Å²) < 4.78 is 31.1. The highest BCUT2D eigenvalue weighted by molar-refractivity contribution is 7.88. The lowest BCUT2D eigenvalue weighted by Gasteiger charge is -2.12. The lowest BCUT2D eigenvalue weighted by molar-refractivity contribution is 0.158. The van der Waals surface area contributed by atoms with E-state index in [1.165, 1.54) is 0 Å². The van der Waals surface area contributed by atoms with Crippen molar-refractivity contribution in [3.8, 4) is 0 Å². The lowest BCUT2D eigenvalue weighted by atomic mass is 10.2. The molecule has 8 heteroatoms.